The van der Waals surface area contributed by atoms with Gasteiger partial charge in [0.1, 0.15) is 0 Å². The number of piperidine rings is 1. The van der Waals surface area contributed by atoms with Crippen molar-refractivity contribution in [3.63, 3.8) is 0 Å². The molecule has 0 atom stereocenters. The third-order valence-corrected chi connectivity index (χ3v) is 3.63. The first-order chi connectivity index (χ1) is 10.4. The van der Waals surface area contributed by atoms with Crippen LogP contribution >= 0.6 is 0 Å². The Morgan fingerprint density at radius 3 is 2.76 bits per heavy atom. The van der Waals surface area contributed by atoms with E-state index in [0.717, 1.165) is 37.7 Å². The maximum Gasteiger partial charge on any atom is 0.230 e. The number of anilines is 2. The van der Waals surface area contributed by atoms with Crippen LogP contribution in [0.2, 0.25) is 0 Å². The van der Waals surface area contributed by atoms with Gasteiger partial charge < -0.3 is 15.2 Å². The minimum Gasteiger partial charge on any atom is -0.359 e. The second kappa shape index (κ2) is 6.56. The highest BCUT2D eigenvalue weighted by Crippen LogP contribution is 2.21. The fourth-order valence-corrected chi connectivity index (χ4v) is 2.51. The van der Waals surface area contributed by atoms with Gasteiger partial charge in [0, 0.05) is 25.8 Å². The first-order valence-corrected chi connectivity index (χ1v) is 7.75. The van der Waals surface area contributed by atoms with Gasteiger partial charge in [0.15, 0.2) is 5.82 Å². The van der Waals surface area contributed by atoms with Crippen molar-refractivity contribution in [2.45, 2.75) is 32.6 Å². The minimum atomic E-state index is 0.664. The highest BCUT2D eigenvalue weighted by atomic mass is 15.3. The van der Waals surface area contributed by atoms with Gasteiger partial charge in [-0.15, -0.1) is 0 Å². The average molecular weight is 286 g/mol. The van der Waals surface area contributed by atoms with Gasteiger partial charge in [0.25, 0.3) is 0 Å². The van der Waals surface area contributed by atoms with Crippen LogP contribution in [0.1, 0.15) is 32.6 Å². The van der Waals surface area contributed by atoms with Crippen LogP contribution < -0.4 is 10.2 Å². The molecule has 0 saturated carbocycles. The molecule has 1 saturated heterocycles. The molecule has 1 aliphatic rings. The van der Waals surface area contributed by atoms with Crippen molar-refractivity contribution in [3.8, 4) is 11.5 Å². The van der Waals surface area contributed by atoms with Crippen LogP contribution in [0.4, 0.5) is 11.9 Å². The van der Waals surface area contributed by atoms with E-state index >= 15 is 0 Å². The first kappa shape index (κ1) is 13.9. The number of hydrogen-bond donors (Lipinski definition) is 2. The first-order valence-electron chi connectivity index (χ1n) is 7.75. The van der Waals surface area contributed by atoms with E-state index in [0.29, 0.717) is 11.8 Å². The van der Waals surface area contributed by atoms with Gasteiger partial charge >= 0.3 is 0 Å². The van der Waals surface area contributed by atoms with E-state index in [1.165, 1.54) is 19.3 Å². The maximum absolute atomic E-state index is 4.64. The average Bonchev–Trinajstić information content (AvgIpc) is 3.08. The summed E-state index contributed by atoms with van der Waals surface area (Å²) in [6.07, 6.45) is 6.65. The molecule has 21 heavy (non-hydrogen) atoms. The zero-order valence-electron chi connectivity index (χ0n) is 12.5. The van der Waals surface area contributed by atoms with Crippen LogP contribution in [0.3, 0.4) is 0 Å². The highest BCUT2D eigenvalue weighted by Gasteiger charge is 2.17. The Bertz CT molecular complexity index is 560. The molecule has 0 aromatic carbocycles. The Morgan fingerprint density at radius 1 is 1.19 bits per heavy atom. The maximum atomic E-state index is 4.64. The lowest BCUT2D eigenvalue weighted by Crippen LogP contribution is -2.31. The van der Waals surface area contributed by atoms with E-state index in [9.17, 15) is 0 Å². The van der Waals surface area contributed by atoms with E-state index in [2.05, 4.69) is 37.1 Å². The van der Waals surface area contributed by atoms with Crippen molar-refractivity contribution >= 4 is 11.9 Å². The molecule has 112 valence electrons. The van der Waals surface area contributed by atoms with Crippen molar-refractivity contribution in [2.24, 2.45) is 0 Å². The second-order valence-corrected chi connectivity index (χ2v) is 5.34. The summed E-state index contributed by atoms with van der Waals surface area (Å²) in [7, 11) is 0. The van der Waals surface area contributed by atoms with E-state index in [1.807, 2.05) is 18.3 Å². The van der Waals surface area contributed by atoms with Gasteiger partial charge in [0.2, 0.25) is 11.9 Å². The Balaban J connectivity index is 1.92. The van der Waals surface area contributed by atoms with E-state index in [1.54, 1.807) is 0 Å². The summed E-state index contributed by atoms with van der Waals surface area (Å²) in [4.78, 5) is 19.2. The summed E-state index contributed by atoms with van der Waals surface area (Å²) in [6.45, 7) is 5.06. The minimum absolute atomic E-state index is 0.664. The largest absolute Gasteiger partial charge is 0.359 e. The summed E-state index contributed by atoms with van der Waals surface area (Å²) in [5.74, 6) is 2.15. The molecule has 0 unspecified atom stereocenters. The smallest absolute Gasteiger partial charge is 0.230 e. The Morgan fingerprint density at radius 2 is 2.05 bits per heavy atom. The summed E-state index contributed by atoms with van der Waals surface area (Å²) in [6, 6.07) is 3.94. The predicted octanol–water partition coefficient (Wildman–Crippen LogP) is 2.68. The SMILES string of the molecule is CCCNc1nc(-c2ccc[nH]2)nc(N2CCCCC2)n1. The van der Waals surface area contributed by atoms with Gasteiger partial charge in [-0.2, -0.15) is 15.0 Å². The Hall–Kier alpha value is -2.11. The molecule has 0 spiro atoms. The molecule has 6 heteroatoms. The van der Waals surface area contributed by atoms with Crippen LogP contribution in [-0.4, -0.2) is 39.6 Å². The molecule has 0 amide bonds. The number of aromatic nitrogens is 4. The quantitative estimate of drug-likeness (QED) is 0.884. The number of nitrogens with zero attached hydrogens (tertiary/aromatic N) is 4. The second-order valence-electron chi connectivity index (χ2n) is 5.34. The van der Waals surface area contributed by atoms with Gasteiger partial charge in [-0.1, -0.05) is 6.92 Å². The third kappa shape index (κ3) is 3.32. The standard InChI is InChI=1S/C15H22N6/c1-2-8-17-14-18-13(12-7-6-9-16-12)19-15(20-14)21-10-4-3-5-11-21/h6-7,9,16H,2-5,8,10-11H2,1H3,(H,17,18,19,20). The molecule has 6 nitrogen and oxygen atoms in total. The van der Waals surface area contributed by atoms with Crippen LogP contribution in [0.15, 0.2) is 18.3 Å². The third-order valence-electron chi connectivity index (χ3n) is 3.63. The molecular weight excluding hydrogens is 264 g/mol. The molecule has 2 aromatic heterocycles. The van der Waals surface area contributed by atoms with E-state index in [-0.39, 0.29) is 0 Å². The number of H-pyrrole nitrogens is 1. The summed E-state index contributed by atoms with van der Waals surface area (Å²) >= 11 is 0. The monoisotopic (exact) mass is 286 g/mol. The molecular formula is C15H22N6. The fourth-order valence-electron chi connectivity index (χ4n) is 2.51. The van der Waals surface area contributed by atoms with Crippen LogP contribution in [-0.2, 0) is 0 Å². The summed E-state index contributed by atoms with van der Waals surface area (Å²) in [5.41, 5.74) is 0.926. The lowest BCUT2D eigenvalue weighted by molar-refractivity contribution is 0.568. The van der Waals surface area contributed by atoms with Gasteiger partial charge in [-0.3, -0.25) is 0 Å². The zero-order chi connectivity index (χ0) is 14.5. The summed E-state index contributed by atoms with van der Waals surface area (Å²) in [5, 5.41) is 3.27. The van der Waals surface area contributed by atoms with Crippen molar-refractivity contribution in [2.75, 3.05) is 29.9 Å². The molecule has 0 bridgehead atoms. The molecule has 0 radical (unpaired) electrons. The van der Waals surface area contributed by atoms with Crippen molar-refractivity contribution in [1.29, 1.82) is 0 Å². The molecule has 0 aliphatic carbocycles. The molecule has 1 fully saturated rings. The molecule has 3 heterocycles. The predicted molar refractivity (Wildman–Crippen MR) is 84.5 cm³/mol. The number of nitrogens with one attached hydrogen (secondary N) is 2. The lowest BCUT2D eigenvalue weighted by atomic mass is 10.1. The van der Waals surface area contributed by atoms with Crippen LogP contribution in [0, 0.1) is 0 Å². The Labute approximate surface area is 125 Å². The molecule has 2 aromatic rings. The Kier molecular flexibility index (Phi) is 4.33. The zero-order valence-corrected chi connectivity index (χ0v) is 12.5. The van der Waals surface area contributed by atoms with Gasteiger partial charge in [-0.25, -0.2) is 0 Å². The normalized spacial score (nSPS) is 15.2. The van der Waals surface area contributed by atoms with Crippen molar-refractivity contribution in [3.05, 3.63) is 18.3 Å². The van der Waals surface area contributed by atoms with Crippen LogP contribution in [0.25, 0.3) is 11.5 Å². The van der Waals surface area contributed by atoms with Gasteiger partial charge in [-0.05, 0) is 37.8 Å². The highest BCUT2D eigenvalue weighted by molar-refractivity contribution is 5.54. The topological polar surface area (TPSA) is 69.7 Å². The molecule has 3 rings (SSSR count). The van der Waals surface area contributed by atoms with Crippen molar-refractivity contribution in [1.82, 2.24) is 19.9 Å². The molecule has 2 N–H and O–H groups in total. The van der Waals surface area contributed by atoms with E-state index < -0.39 is 0 Å². The van der Waals surface area contributed by atoms with Crippen LogP contribution in [0.5, 0.6) is 0 Å². The fraction of sp³-hybridized carbons (Fsp3) is 0.533. The van der Waals surface area contributed by atoms with E-state index in [4.69, 9.17) is 0 Å². The molecule has 1 aliphatic heterocycles. The summed E-state index contributed by atoms with van der Waals surface area (Å²) < 4.78 is 0. The number of rotatable bonds is 5. The number of aromatic amines is 1. The lowest BCUT2D eigenvalue weighted by Gasteiger charge is -2.27. The number of hydrogen-bond acceptors (Lipinski definition) is 5. The van der Waals surface area contributed by atoms with Gasteiger partial charge in [0.05, 0.1) is 5.69 Å². The van der Waals surface area contributed by atoms with Crippen molar-refractivity contribution < 1.29 is 0 Å².